The van der Waals surface area contributed by atoms with Gasteiger partial charge in [-0.15, -0.1) is 0 Å². The molecule has 0 radical (unpaired) electrons. The molecule has 1 atom stereocenters. The van der Waals surface area contributed by atoms with Crippen molar-refractivity contribution in [1.82, 2.24) is 4.98 Å². The van der Waals surface area contributed by atoms with Gasteiger partial charge < -0.3 is 14.3 Å². The number of carboxylic acid groups (broad SMARTS) is 1. The number of hydrogen-bond donors (Lipinski definition) is 1. The molecule has 0 bridgehead atoms. The highest BCUT2D eigenvalue weighted by molar-refractivity contribution is 5.83. The summed E-state index contributed by atoms with van der Waals surface area (Å²) in [5.41, 5.74) is 1.07. The minimum absolute atomic E-state index is 0.388. The molecule has 0 saturated carbocycles. The quantitative estimate of drug-likeness (QED) is 0.897. The van der Waals surface area contributed by atoms with E-state index in [0.29, 0.717) is 35.6 Å². The molecule has 5 nitrogen and oxygen atoms in total. The Morgan fingerprint density at radius 2 is 2.26 bits per heavy atom. The van der Waals surface area contributed by atoms with Gasteiger partial charge in [-0.25, -0.2) is 4.98 Å². The van der Waals surface area contributed by atoms with Crippen LogP contribution in [0.3, 0.4) is 0 Å². The maximum atomic E-state index is 11.6. The first kappa shape index (κ1) is 13.5. The lowest BCUT2D eigenvalue weighted by atomic mass is 9.79. The fourth-order valence-corrected chi connectivity index (χ4v) is 2.07. The second kappa shape index (κ2) is 5.01. The van der Waals surface area contributed by atoms with Gasteiger partial charge in [-0.2, -0.15) is 0 Å². The third kappa shape index (κ3) is 2.46. The van der Waals surface area contributed by atoms with E-state index in [1.165, 1.54) is 0 Å². The number of aryl methyl sites for hydroxylation is 1. The lowest BCUT2D eigenvalue weighted by molar-refractivity contribution is -0.143. The zero-order valence-electron chi connectivity index (χ0n) is 11.3. The maximum Gasteiger partial charge on any atom is 0.313 e. The fourth-order valence-electron chi connectivity index (χ4n) is 2.07. The van der Waals surface area contributed by atoms with Crippen LogP contribution in [0.25, 0.3) is 11.1 Å². The van der Waals surface area contributed by atoms with Gasteiger partial charge in [-0.3, -0.25) is 4.79 Å². The number of carboxylic acids is 1. The molecule has 0 aliphatic heterocycles. The number of fused-ring (bicyclic) bond motifs is 1. The highest BCUT2D eigenvalue weighted by Crippen LogP contribution is 2.30. The average molecular weight is 263 g/mol. The van der Waals surface area contributed by atoms with Crippen molar-refractivity contribution in [3.8, 4) is 0 Å². The van der Waals surface area contributed by atoms with Crippen molar-refractivity contribution in [1.29, 1.82) is 0 Å². The smallest absolute Gasteiger partial charge is 0.313 e. The number of nitrogens with zero attached hydrogens (tertiary/aromatic N) is 1. The van der Waals surface area contributed by atoms with E-state index in [2.05, 4.69) is 4.98 Å². The number of carbonyl (C=O) groups is 1. The standard InChI is InChI=1S/C14H17NO4/c1-9-15-11-8-10(4-5-12(11)19-9)14(2,13(16)17)6-7-18-3/h4-5,8H,6-7H2,1-3H3,(H,16,17). The van der Waals surface area contributed by atoms with Crippen molar-refractivity contribution >= 4 is 17.1 Å². The molecule has 1 aromatic carbocycles. The molecule has 0 aliphatic carbocycles. The molecule has 2 rings (SSSR count). The summed E-state index contributed by atoms with van der Waals surface area (Å²) in [5, 5.41) is 9.49. The van der Waals surface area contributed by atoms with Crippen molar-refractivity contribution in [3.05, 3.63) is 29.7 Å². The molecule has 1 heterocycles. The van der Waals surface area contributed by atoms with Gasteiger partial charge in [0.25, 0.3) is 0 Å². The predicted molar refractivity (Wildman–Crippen MR) is 70.2 cm³/mol. The Balaban J connectivity index is 2.46. The highest BCUT2D eigenvalue weighted by Gasteiger charge is 2.35. The molecule has 0 aliphatic rings. The van der Waals surface area contributed by atoms with E-state index >= 15 is 0 Å². The molecule has 0 saturated heterocycles. The fraction of sp³-hybridized carbons (Fsp3) is 0.429. The third-order valence-corrected chi connectivity index (χ3v) is 3.41. The number of hydrogen-bond acceptors (Lipinski definition) is 4. The molecule has 1 aromatic heterocycles. The Kier molecular flexibility index (Phi) is 3.57. The topological polar surface area (TPSA) is 72.6 Å². The molecule has 2 aromatic rings. The molecule has 0 spiro atoms. The largest absolute Gasteiger partial charge is 0.481 e. The second-order valence-electron chi connectivity index (χ2n) is 4.80. The molecular formula is C14H17NO4. The molecule has 0 amide bonds. The van der Waals surface area contributed by atoms with Crippen LogP contribution in [0.5, 0.6) is 0 Å². The van der Waals surface area contributed by atoms with Crippen molar-refractivity contribution in [3.63, 3.8) is 0 Å². The van der Waals surface area contributed by atoms with E-state index < -0.39 is 11.4 Å². The molecular weight excluding hydrogens is 246 g/mol. The van der Waals surface area contributed by atoms with Crippen LogP contribution in [0, 0.1) is 6.92 Å². The summed E-state index contributed by atoms with van der Waals surface area (Å²) >= 11 is 0. The normalized spacial score (nSPS) is 14.5. The Labute approximate surface area is 111 Å². The van der Waals surface area contributed by atoms with Crippen LogP contribution in [0.2, 0.25) is 0 Å². The Morgan fingerprint density at radius 3 is 2.89 bits per heavy atom. The Morgan fingerprint density at radius 1 is 1.53 bits per heavy atom. The number of aromatic nitrogens is 1. The summed E-state index contributed by atoms with van der Waals surface area (Å²) in [6.45, 7) is 3.85. The van der Waals surface area contributed by atoms with Crippen LogP contribution in [0.15, 0.2) is 22.6 Å². The van der Waals surface area contributed by atoms with Gasteiger partial charge in [-0.1, -0.05) is 6.07 Å². The summed E-state index contributed by atoms with van der Waals surface area (Å²) in [7, 11) is 1.56. The van der Waals surface area contributed by atoms with Crippen molar-refractivity contribution in [2.45, 2.75) is 25.7 Å². The number of aliphatic carboxylic acids is 1. The van der Waals surface area contributed by atoms with Gasteiger partial charge in [0, 0.05) is 20.6 Å². The van der Waals surface area contributed by atoms with Crippen LogP contribution in [0.4, 0.5) is 0 Å². The van der Waals surface area contributed by atoms with E-state index in [-0.39, 0.29) is 0 Å². The van der Waals surface area contributed by atoms with Gasteiger partial charge >= 0.3 is 5.97 Å². The van der Waals surface area contributed by atoms with E-state index in [1.807, 2.05) is 0 Å². The minimum atomic E-state index is -0.989. The van der Waals surface area contributed by atoms with Crippen LogP contribution in [-0.2, 0) is 14.9 Å². The number of benzene rings is 1. The van der Waals surface area contributed by atoms with Crippen LogP contribution < -0.4 is 0 Å². The highest BCUT2D eigenvalue weighted by atomic mass is 16.5. The minimum Gasteiger partial charge on any atom is -0.481 e. The molecule has 5 heteroatoms. The van der Waals surface area contributed by atoms with Gasteiger partial charge in [0.15, 0.2) is 11.5 Å². The second-order valence-corrected chi connectivity index (χ2v) is 4.80. The summed E-state index contributed by atoms with van der Waals surface area (Å²) in [6.07, 6.45) is 0.404. The Bertz CT molecular complexity index is 605. The van der Waals surface area contributed by atoms with Gasteiger partial charge in [0.2, 0.25) is 0 Å². The Hall–Kier alpha value is -1.88. The van der Waals surface area contributed by atoms with Crippen molar-refractivity contribution in [2.75, 3.05) is 13.7 Å². The van der Waals surface area contributed by atoms with Gasteiger partial charge in [-0.05, 0) is 31.0 Å². The van der Waals surface area contributed by atoms with Crippen molar-refractivity contribution < 1.29 is 19.1 Å². The molecule has 1 unspecified atom stereocenters. The van der Waals surface area contributed by atoms with Crippen molar-refractivity contribution in [2.24, 2.45) is 0 Å². The lowest BCUT2D eigenvalue weighted by Crippen LogP contribution is -2.33. The average Bonchev–Trinajstić information content (AvgIpc) is 2.74. The van der Waals surface area contributed by atoms with E-state index in [4.69, 9.17) is 9.15 Å². The molecule has 0 fully saturated rings. The first-order chi connectivity index (χ1) is 8.97. The van der Waals surface area contributed by atoms with Crippen LogP contribution in [0.1, 0.15) is 24.8 Å². The van der Waals surface area contributed by atoms with Crippen LogP contribution in [-0.4, -0.2) is 29.8 Å². The third-order valence-electron chi connectivity index (χ3n) is 3.41. The van der Waals surface area contributed by atoms with Crippen LogP contribution >= 0.6 is 0 Å². The molecule has 102 valence electrons. The first-order valence-corrected chi connectivity index (χ1v) is 6.07. The number of rotatable bonds is 5. The number of ether oxygens (including phenoxy) is 1. The molecule has 1 N–H and O–H groups in total. The molecule has 19 heavy (non-hydrogen) atoms. The monoisotopic (exact) mass is 263 g/mol. The predicted octanol–water partition coefficient (Wildman–Crippen LogP) is 2.52. The zero-order valence-corrected chi connectivity index (χ0v) is 11.3. The lowest BCUT2D eigenvalue weighted by Gasteiger charge is -2.24. The van der Waals surface area contributed by atoms with E-state index in [1.54, 1.807) is 39.2 Å². The summed E-state index contributed by atoms with van der Waals surface area (Å²) < 4.78 is 10.4. The summed E-state index contributed by atoms with van der Waals surface area (Å²) in [4.78, 5) is 15.8. The first-order valence-electron chi connectivity index (χ1n) is 6.07. The maximum absolute atomic E-state index is 11.6. The number of oxazole rings is 1. The zero-order chi connectivity index (χ0) is 14.0. The summed E-state index contributed by atoms with van der Waals surface area (Å²) in [6, 6.07) is 5.31. The SMILES string of the molecule is COCCC(C)(C(=O)O)c1ccc2oc(C)nc2c1. The van der Waals surface area contributed by atoms with Gasteiger partial charge in [0.05, 0.1) is 5.41 Å². The summed E-state index contributed by atoms with van der Waals surface area (Å²) in [5.74, 6) is -0.301. The number of methoxy groups -OCH3 is 1. The van der Waals surface area contributed by atoms with E-state index in [9.17, 15) is 9.90 Å². The van der Waals surface area contributed by atoms with Gasteiger partial charge in [0.1, 0.15) is 5.52 Å². The van der Waals surface area contributed by atoms with E-state index in [0.717, 1.165) is 0 Å².